The van der Waals surface area contributed by atoms with Gasteiger partial charge < -0.3 is 0 Å². The van der Waals surface area contributed by atoms with Crippen molar-refractivity contribution in [3.05, 3.63) is 81.9 Å². The summed E-state index contributed by atoms with van der Waals surface area (Å²) in [7, 11) is 0. The van der Waals surface area contributed by atoms with E-state index >= 15 is 0 Å². The van der Waals surface area contributed by atoms with Gasteiger partial charge in [0.15, 0.2) is 4.33 Å². The first-order valence-corrected chi connectivity index (χ1v) is 9.27. The van der Waals surface area contributed by atoms with E-state index in [2.05, 4.69) is 0 Å². The number of hydrogen-bond donors (Lipinski definition) is 0. The molecular formula is C19H11Cl5. The largest absolute Gasteiger partial charge is 0.158 e. The highest BCUT2D eigenvalue weighted by molar-refractivity contribution is 6.64. The summed E-state index contributed by atoms with van der Waals surface area (Å²) in [5.74, 6) is -0.467. The molecule has 122 valence electrons. The zero-order valence-electron chi connectivity index (χ0n) is 12.2. The molecule has 0 heterocycles. The van der Waals surface area contributed by atoms with Gasteiger partial charge in [0.2, 0.25) is 0 Å². The van der Waals surface area contributed by atoms with E-state index in [0.717, 1.165) is 22.3 Å². The highest BCUT2D eigenvalue weighted by atomic mass is 35.5. The Hall–Kier alpha value is -0.630. The summed E-state index contributed by atoms with van der Waals surface area (Å²) in [5.41, 5.74) is 3.66. The molecule has 0 amide bonds. The molecule has 2 atom stereocenters. The molecule has 2 aliphatic carbocycles. The molecule has 0 unspecified atom stereocenters. The molecule has 0 radical (unpaired) electrons. The number of hydrogen-bond acceptors (Lipinski definition) is 0. The van der Waals surface area contributed by atoms with E-state index in [0.29, 0.717) is 10.1 Å². The molecule has 0 saturated heterocycles. The van der Waals surface area contributed by atoms with E-state index in [9.17, 15) is 0 Å². The lowest BCUT2D eigenvalue weighted by molar-refractivity contribution is 0.704. The number of alkyl halides is 3. The number of allylic oxidation sites excluding steroid dienone is 4. The molecule has 4 rings (SSSR count). The number of rotatable bonds is 2. The summed E-state index contributed by atoms with van der Waals surface area (Å²) in [4.78, 5) is -1.27. The average molecular weight is 417 g/mol. The summed E-state index contributed by atoms with van der Waals surface area (Å²) < 4.78 is -1.35. The number of fused-ring (bicyclic) bond motifs is 2. The van der Waals surface area contributed by atoms with Crippen LogP contribution in [-0.4, -0.2) is 9.21 Å². The van der Waals surface area contributed by atoms with Crippen molar-refractivity contribution >= 4 is 69.2 Å². The maximum atomic E-state index is 6.98. The maximum absolute atomic E-state index is 6.98. The second-order valence-electron chi connectivity index (χ2n) is 5.90. The van der Waals surface area contributed by atoms with Crippen LogP contribution in [0.1, 0.15) is 11.1 Å². The zero-order chi connectivity index (χ0) is 17.1. The van der Waals surface area contributed by atoms with Crippen molar-refractivity contribution in [3.8, 4) is 0 Å². The lowest BCUT2D eigenvalue weighted by Gasteiger charge is -2.31. The Bertz CT molecular complexity index is 867. The van der Waals surface area contributed by atoms with E-state index in [-0.39, 0.29) is 0 Å². The fourth-order valence-corrected chi connectivity index (χ4v) is 5.86. The van der Waals surface area contributed by atoms with Crippen molar-refractivity contribution in [1.82, 2.24) is 0 Å². The van der Waals surface area contributed by atoms with Crippen molar-refractivity contribution in [2.24, 2.45) is 5.92 Å². The fraction of sp³-hybridized carbons (Fsp3) is 0.158. The van der Waals surface area contributed by atoms with Crippen LogP contribution in [0.5, 0.6) is 0 Å². The van der Waals surface area contributed by atoms with Crippen molar-refractivity contribution in [2.75, 3.05) is 0 Å². The SMILES string of the molecule is ClC1=C(Cl)[C@@]2(Cl)C(c3ccccc3)=C(c3ccccc3)[C@H]1C2(Cl)Cl. The van der Waals surface area contributed by atoms with Gasteiger partial charge in [0, 0.05) is 5.03 Å². The molecule has 2 aromatic carbocycles. The Balaban J connectivity index is 2.07. The molecule has 5 heteroatoms. The first kappa shape index (κ1) is 16.8. The van der Waals surface area contributed by atoms with Crippen molar-refractivity contribution in [2.45, 2.75) is 9.21 Å². The molecule has 2 bridgehead atoms. The standard InChI is InChI=1S/C19H11Cl5/c20-16-15-13(11-7-3-1-4-8-11)14(12-9-5-2-6-10-12)18(22,17(16)21)19(15,23)24/h1-10,15H/t15-,18+/m1/s1. The van der Waals surface area contributed by atoms with Gasteiger partial charge in [-0.05, 0) is 22.3 Å². The number of benzene rings is 2. The summed E-state index contributed by atoms with van der Waals surface area (Å²) in [6, 6.07) is 19.7. The van der Waals surface area contributed by atoms with E-state index in [1.165, 1.54) is 0 Å². The minimum atomic E-state index is -1.35. The minimum absolute atomic E-state index is 0.305. The van der Waals surface area contributed by atoms with Crippen LogP contribution in [0.2, 0.25) is 0 Å². The molecule has 24 heavy (non-hydrogen) atoms. The first-order valence-electron chi connectivity index (χ1n) is 7.38. The third kappa shape index (κ3) is 2.01. The monoisotopic (exact) mass is 414 g/mol. The molecule has 0 aliphatic heterocycles. The Morgan fingerprint density at radius 2 is 1.21 bits per heavy atom. The van der Waals surface area contributed by atoms with Gasteiger partial charge in [0.05, 0.1) is 11.0 Å². The molecule has 2 aromatic rings. The maximum Gasteiger partial charge on any atom is 0.158 e. The average Bonchev–Trinajstić information content (AvgIpc) is 2.86. The molecule has 0 spiro atoms. The quantitative estimate of drug-likeness (QED) is 0.459. The Kier molecular flexibility index (Phi) is 3.99. The predicted molar refractivity (Wildman–Crippen MR) is 105 cm³/mol. The molecular weight excluding hydrogens is 405 g/mol. The van der Waals surface area contributed by atoms with Crippen molar-refractivity contribution in [3.63, 3.8) is 0 Å². The lowest BCUT2D eigenvalue weighted by Crippen LogP contribution is -2.37. The highest BCUT2D eigenvalue weighted by Gasteiger charge is 2.70. The van der Waals surface area contributed by atoms with Gasteiger partial charge in [-0.2, -0.15) is 0 Å². The van der Waals surface area contributed by atoms with E-state index < -0.39 is 15.1 Å². The predicted octanol–water partition coefficient (Wildman–Crippen LogP) is 7.08. The molecule has 0 fully saturated rings. The van der Waals surface area contributed by atoms with Gasteiger partial charge in [0.1, 0.15) is 4.87 Å². The van der Waals surface area contributed by atoms with Gasteiger partial charge in [-0.15, -0.1) is 11.6 Å². The summed E-state index contributed by atoms with van der Waals surface area (Å²) in [6.07, 6.45) is 0. The fourth-order valence-electron chi connectivity index (χ4n) is 3.60. The highest BCUT2D eigenvalue weighted by Crippen LogP contribution is 2.73. The van der Waals surface area contributed by atoms with Gasteiger partial charge in [-0.3, -0.25) is 0 Å². The topological polar surface area (TPSA) is 0 Å². The zero-order valence-corrected chi connectivity index (χ0v) is 16.0. The van der Waals surface area contributed by atoms with Crippen LogP contribution in [0.25, 0.3) is 11.1 Å². The Morgan fingerprint density at radius 1 is 0.708 bits per heavy atom. The first-order chi connectivity index (χ1) is 11.4. The molecule has 0 saturated carbocycles. The van der Waals surface area contributed by atoms with Crippen LogP contribution < -0.4 is 0 Å². The molecule has 0 nitrogen and oxygen atoms in total. The second kappa shape index (κ2) is 5.69. The van der Waals surface area contributed by atoms with E-state index in [1.807, 2.05) is 60.7 Å². The van der Waals surface area contributed by atoms with Gasteiger partial charge in [-0.1, -0.05) is 107 Å². The van der Waals surface area contributed by atoms with Crippen molar-refractivity contribution < 1.29 is 0 Å². The minimum Gasteiger partial charge on any atom is -0.104 e. The van der Waals surface area contributed by atoms with Gasteiger partial charge in [0.25, 0.3) is 0 Å². The lowest BCUT2D eigenvalue weighted by atomic mass is 9.87. The van der Waals surface area contributed by atoms with Gasteiger partial charge >= 0.3 is 0 Å². The van der Waals surface area contributed by atoms with E-state index in [4.69, 9.17) is 58.0 Å². The molecule has 0 aromatic heterocycles. The van der Waals surface area contributed by atoms with Crippen molar-refractivity contribution in [1.29, 1.82) is 0 Å². The van der Waals surface area contributed by atoms with Crippen LogP contribution in [0.15, 0.2) is 70.7 Å². The van der Waals surface area contributed by atoms with Crippen LogP contribution in [0.4, 0.5) is 0 Å². The molecule has 0 N–H and O–H groups in total. The summed E-state index contributed by atoms with van der Waals surface area (Å²) in [6.45, 7) is 0. The third-order valence-corrected chi connectivity index (χ3v) is 7.60. The van der Waals surface area contributed by atoms with Crippen LogP contribution in [0.3, 0.4) is 0 Å². The summed E-state index contributed by atoms with van der Waals surface area (Å²) in [5, 5.41) is 0.717. The Morgan fingerprint density at radius 3 is 1.75 bits per heavy atom. The van der Waals surface area contributed by atoms with Gasteiger partial charge in [-0.25, -0.2) is 0 Å². The third-order valence-electron chi connectivity index (χ3n) is 4.64. The second-order valence-corrected chi connectivity index (χ2v) is 8.64. The van der Waals surface area contributed by atoms with Crippen LogP contribution in [-0.2, 0) is 0 Å². The number of halogens is 5. The normalized spacial score (nSPS) is 28.0. The Labute approximate surface area is 165 Å². The summed E-state index contributed by atoms with van der Waals surface area (Å²) >= 11 is 33.4. The van der Waals surface area contributed by atoms with E-state index in [1.54, 1.807) is 0 Å². The van der Waals surface area contributed by atoms with Crippen LogP contribution >= 0.6 is 58.0 Å². The smallest absolute Gasteiger partial charge is 0.104 e. The molecule has 2 aliphatic rings. The van der Waals surface area contributed by atoms with Crippen LogP contribution in [0, 0.1) is 5.92 Å².